The minimum Gasteiger partial charge on any atom is -0.204 e. The molecule has 0 bridgehead atoms. The summed E-state index contributed by atoms with van der Waals surface area (Å²) in [4.78, 5) is 4.80. The lowest BCUT2D eigenvalue weighted by atomic mass is 10.3. The van der Waals surface area contributed by atoms with E-state index in [9.17, 15) is 0 Å². The van der Waals surface area contributed by atoms with Crippen molar-refractivity contribution in [2.45, 2.75) is 0 Å². The van der Waals surface area contributed by atoms with Gasteiger partial charge in [0.15, 0.2) is 5.69 Å². The highest BCUT2D eigenvalue weighted by Crippen LogP contribution is 2.08. The van der Waals surface area contributed by atoms with Gasteiger partial charge in [-0.15, -0.1) is 0 Å². The summed E-state index contributed by atoms with van der Waals surface area (Å²) >= 11 is 5.66. The Labute approximate surface area is 64.7 Å². The zero-order valence-electron chi connectivity index (χ0n) is 5.67. The van der Waals surface area contributed by atoms with Crippen LogP contribution in [0, 0.1) is 0 Å². The van der Waals surface area contributed by atoms with E-state index < -0.39 is 0 Å². The highest BCUT2D eigenvalue weighted by atomic mass is 35.5. The summed E-state index contributed by atoms with van der Waals surface area (Å²) in [6.07, 6.45) is 0. The predicted octanol–water partition coefficient (Wildman–Crippen LogP) is 1.10. The second-order valence-corrected chi connectivity index (χ2v) is 2.34. The van der Waals surface area contributed by atoms with Crippen LogP contribution >= 0.6 is 11.6 Å². The molecule has 0 saturated heterocycles. The molecule has 0 aliphatic rings. The SMILES string of the molecule is CO[NH2+]c1ccc(Cl)cc1. The Morgan fingerprint density at radius 3 is 2.40 bits per heavy atom. The number of quaternary nitrogens is 1. The Bertz CT molecular complexity index is 197. The van der Waals surface area contributed by atoms with E-state index in [1.165, 1.54) is 0 Å². The number of nitrogens with two attached hydrogens (primary N) is 1. The van der Waals surface area contributed by atoms with Gasteiger partial charge in [-0.1, -0.05) is 11.6 Å². The molecule has 0 fully saturated rings. The lowest BCUT2D eigenvalue weighted by molar-refractivity contribution is -0.830. The summed E-state index contributed by atoms with van der Waals surface area (Å²) in [7, 11) is 1.62. The number of hydrogen-bond acceptors (Lipinski definition) is 1. The molecule has 0 radical (unpaired) electrons. The van der Waals surface area contributed by atoms with Crippen LogP contribution in [-0.4, -0.2) is 7.11 Å². The zero-order chi connectivity index (χ0) is 7.40. The van der Waals surface area contributed by atoms with E-state index in [0.717, 1.165) is 10.7 Å². The van der Waals surface area contributed by atoms with E-state index in [1.54, 1.807) is 12.6 Å². The maximum atomic E-state index is 5.66. The molecule has 0 aliphatic heterocycles. The molecule has 1 aromatic carbocycles. The molecule has 2 N–H and O–H groups in total. The standard InChI is InChI=1S/C7H8ClNO/c1-10-9-7-4-2-6(8)3-5-7/h2-5,9H,1H3/p+1. The summed E-state index contributed by atoms with van der Waals surface area (Å²) in [5.41, 5.74) is 2.68. The molecule has 54 valence electrons. The third-order valence-corrected chi connectivity index (χ3v) is 1.38. The average Bonchev–Trinajstić information content (AvgIpc) is 1.95. The van der Waals surface area contributed by atoms with Crippen molar-refractivity contribution in [1.82, 2.24) is 0 Å². The predicted molar refractivity (Wildman–Crippen MR) is 40.0 cm³/mol. The minimum absolute atomic E-state index is 0.744. The van der Waals surface area contributed by atoms with Gasteiger partial charge in [-0.25, -0.2) is 4.84 Å². The molecule has 0 aromatic heterocycles. The summed E-state index contributed by atoms with van der Waals surface area (Å²) in [5, 5.41) is 0.744. The van der Waals surface area contributed by atoms with Gasteiger partial charge in [-0.2, -0.15) is 5.48 Å². The van der Waals surface area contributed by atoms with Crippen LogP contribution in [0.3, 0.4) is 0 Å². The molecule has 0 saturated carbocycles. The van der Waals surface area contributed by atoms with Crippen molar-refractivity contribution >= 4 is 17.3 Å². The highest BCUT2D eigenvalue weighted by molar-refractivity contribution is 6.30. The molecule has 3 heteroatoms. The molecule has 2 nitrogen and oxygen atoms in total. The molecule has 0 heterocycles. The maximum absolute atomic E-state index is 5.66. The first-order valence-corrected chi connectivity index (χ1v) is 3.32. The van der Waals surface area contributed by atoms with E-state index in [1.807, 2.05) is 24.3 Å². The maximum Gasteiger partial charge on any atom is 0.162 e. The van der Waals surface area contributed by atoms with Crippen LogP contribution in [0.2, 0.25) is 5.02 Å². The van der Waals surface area contributed by atoms with Gasteiger partial charge in [0.05, 0.1) is 7.11 Å². The van der Waals surface area contributed by atoms with Gasteiger partial charge >= 0.3 is 0 Å². The fourth-order valence-electron chi connectivity index (χ4n) is 0.677. The monoisotopic (exact) mass is 158 g/mol. The third kappa shape index (κ3) is 1.99. The quantitative estimate of drug-likeness (QED) is 0.506. The Kier molecular flexibility index (Phi) is 2.68. The second kappa shape index (κ2) is 3.56. The average molecular weight is 159 g/mol. The Hall–Kier alpha value is -0.570. The number of rotatable bonds is 2. The lowest BCUT2D eigenvalue weighted by Crippen LogP contribution is -2.75. The molecule has 0 aliphatic carbocycles. The van der Waals surface area contributed by atoms with Crippen molar-refractivity contribution in [3.8, 4) is 0 Å². The van der Waals surface area contributed by atoms with Crippen LogP contribution in [0.4, 0.5) is 5.69 Å². The van der Waals surface area contributed by atoms with Crippen molar-refractivity contribution in [2.75, 3.05) is 7.11 Å². The van der Waals surface area contributed by atoms with Gasteiger partial charge in [-0.3, -0.25) is 0 Å². The summed E-state index contributed by atoms with van der Waals surface area (Å²) in [6.45, 7) is 0. The molecule has 0 spiro atoms. The lowest BCUT2D eigenvalue weighted by Gasteiger charge is -1.94. The molecular weight excluding hydrogens is 150 g/mol. The van der Waals surface area contributed by atoms with Gasteiger partial charge < -0.3 is 0 Å². The fourth-order valence-corrected chi connectivity index (χ4v) is 0.803. The third-order valence-electron chi connectivity index (χ3n) is 1.12. The molecule has 0 unspecified atom stereocenters. The van der Waals surface area contributed by atoms with E-state index in [0.29, 0.717) is 0 Å². The van der Waals surface area contributed by atoms with E-state index in [2.05, 4.69) is 0 Å². The summed E-state index contributed by atoms with van der Waals surface area (Å²) < 4.78 is 0. The van der Waals surface area contributed by atoms with Crippen LogP contribution in [0.5, 0.6) is 0 Å². The first kappa shape index (κ1) is 7.54. The van der Waals surface area contributed by atoms with Crippen molar-refractivity contribution < 1.29 is 10.3 Å². The van der Waals surface area contributed by atoms with Gasteiger partial charge in [0.1, 0.15) is 0 Å². The van der Waals surface area contributed by atoms with Crippen LogP contribution in [0.15, 0.2) is 24.3 Å². The van der Waals surface area contributed by atoms with Crippen LogP contribution in [0.1, 0.15) is 0 Å². The Balaban J connectivity index is 2.69. The van der Waals surface area contributed by atoms with Crippen LogP contribution in [-0.2, 0) is 4.84 Å². The summed E-state index contributed by atoms with van der Waals surface area (Å²) in [6, 6.07) is 7.44. The first-order valence-electron chi connectivity index (χ1n) is 2.94. The van der Waals surface area contributed by atoms with E-state index >= 15 is 0 Å². The topological polar surface area (TPSA) is 25.8 Å². The van der Waals surface area contributed by atoms with E-state index in [4.69, 9.17) is 16.4 Å². The summed E-state index contributed by atoms with van der Waals surface area (Å²) in [5.74, 6) is 0. The Morgan fingerprint density at radius 1 is 1.30 bits per heavy atom. The Morgan fingerprint density at radius 2 is 1.90 bits per heavy atom. The highest BCUT2D eigenvalue weighted by Gasteiger charge is 1.93. The van der Waals surface area contributed by atoms with Crippen molar-refractivity contribution in [3.05, 3.63) is 29.3 Å². The number of hydrogen-bond donors (Lipinski definition) is 1. The molecular formula is C7H9ClNO+. The van der Waals surface area contributed by atoms with Crippen LogP contribution in [0.25, 0.3) is 0 Å². The number of halogens is 1. The second-order valence-electron chi connectivity index (χ2n) is 1.91. The van der Waals surface area contributed by atoms with Gasteiger partial charge in [0.25, 0.3) is 0 Å². The smallest absolute Gasteiger partial charge is 0.162 e. The largest absolute Gasteiger partial charge is 0.204 e. The first-order chi connectivity index (χ1) is 4.83. The minimum atomic E-state index is 0.744. The molecule has 1 aromatic rings. The number of benzene rings is 1. The fraction of sp³-hybridized carbons (Fsp3) is 0.143. The van der Waals surface area contributed by atoms with Gasteiger partial charge in [0, 0.05) is 17.2 Å². The zero-order valence-corrected chi connectivity index (χ0v) is 6.43. The van der Waals surface area contributed by atoms with Gasteiger partial charge in [0.2, 0.25) is 0 Å². The normalized spacial score (nSPS) is 9.80. The molecule has 1 rings (SSSR count). The van der Waals surface area contributed by atoms with Crippen molar-refractivity contribution in [2.24, 2.45) is 0 Å². The molecule has 0 atom stereocenters. The van der Waals surface area contributed by atoms with Crippen molar-refractivity contribution in [3.63, 3.8) is 0 Å². The molecule has 0 amide bonds. The van der Waals surface area contributed by atoms with Crippen molar-refractivity contribution in [1.29, 1.82) is 0 Å². The van der Waals surface area contributed by atoms with Crippen LogP contribution < -0.4 is 5.48 Å². The molecule has 10 heavy (non-hydrogen) atoms. The van der Waals surface area contributed by atoms with Gasteiger partial charge in [-0.05, 0) is 12.1 Å². The van der Waals surface area contributed by atoms with E-state index in [-0.39, 0.29) is 0 Å².